The number of amides is 1. The third kappa shape index (κ3) is 4.31. The molecule has 1 aromatic rings. The van der Waals surface area contributed by atoms with E-state index in [2.05, 4.69) is 5.32 Å². The molecule has 6 nitrogen and oxygen atoms in total. The normalized spacial score (nSPS) is 18.9. The summed E-state index contributed by atoms with van der Waals surface area (Å²) in [5.41, 5.74) is 0.802. The van der Waals surface area contributed by atoms with E-state index in [4.69, 9.17) is 9.47 Å². The number of hydrogen-bond donors (Lipinski definition) is 1. The number of carbonyl (C=O) groups is 3. The van der Waals surface area contributed by atoms with Gasteiger partial charge in [0.25, 0.3) is 0 Å². The zero-order chi connectivity index (χ0) is 17.0. The molecule has 1 aliphatic carbocycles. The molecule has 2 atom stereocenters. The molecule has 1 amide bonds. The van der Waals surface area contributed by atoms with Crippen molar-refractivity contribution in [1.29, 1.82) is 0 Å². The number of ether oxygens (including phenoxy) is 2. The van der Waals surface area contributed by atoms with E-state index in [1.807, 2.05) is 6.92 Å². The molecule has 1 saturated carbocycles. The van der Waals surface area contributed by atoms with Gasteiger partial charge in [0, 0.05) is 11.6 Å². The number of esters is 2. The molecule has 1 fully saturated rings. The van der Waals surface area contributed by atoms with Gasteiger partial charge in [0.15, 0.2) is 0 Å². The van der Waals surface area contributed by atoms with Crippen LogP contribution >= 0.6 is 0 Å². The smallest absolute Gasteiger partial charge is 0.338 e. The first-order valence-electron chi connectivity index (χ1n) is 7.76. The third-order valence-corrected chi connectivity index (χ3v) is 3.67. The molecule has 0 aromatic heterocycles. The van der Waals surface area contributed by atoms with Crippen LogP contribution in [0.4, 0.5) is 5.69 Å². The number of anilines is 1. The van der Waals surface area contributed by atoms with Crippen molar-refractivity contribution in [2.45, 2.75) is 27.2 Å². The maximum Gasteiger partial charge on any atom is 0.338 e. The average molecular weight is 319 g/mol. The maximum absolute atomic E-state index is 12.1. The van der Waals surface area contributed by atoms with E-state index in [-0.39, 0.29) is 36.2 Å². The summed E-state index contributed by atoms with van der Waals surface area (Å²) < 4.78 is 9.91. The Hall–Kier alpha value is -2.37. The van der Waals surface area contributed by atoms with Gasteiger partial charge in [-0.15, -0.1) is 0 Å². The quantitative estimate of drug-likeness (QED) is 0.815. The highest BCUT2D eigenvalue weighted by molar-refractivity contribution is 6.00. The number of nitrogens with one attached hydrogen (secondary N) is 1. The lowest BCUT2D eigenvalue weighted by Crippen LogP contribution is -2.16. The molecule has 6 heteroatoms. The van der Waals surface area contributed by atoms with E-state index in [9.17, 15) is 14.4 Å². The second-order valence-electron chi connectivity index (χ2n) is 5.55. The number of benzene rings is 1. The van der Waals surface area contributed by atoms with Crippen LogP contribution in [0.25, 0.3) is 0 Å². The van der Waals surface area contributed by atoms with Crippen molar-refractivity contribution < 1.29 is 23.9 Å². The first-order chi connectivity index (χ1) is 11.0. The van der Waals surface area contributed by atoms with Gasteiger partial charge >= 0.3 is 11.9 Å². The lowest BCUT2D eigenvalue weighted by molar-refractivity contribution is -0.117. The molecule has 1 N–H and O–H groups in total. The predicted molar refractivity (Wildman–Crippen MR) is 84.3 cm³/mol. The van der Waals surface area contributed by atoms with Gasteiger partial charge in [-0.2, -0.15) is 0 Å². The van der Waals surface area contributed by atoms with E-state index in [1.165, 1.54) is 18.2 Å². The monoisotopic (exact) mass is 319 g/mol. The molecule has 0 heterocycles. The molecule has 1 aliphatic rings. The minimum Gasteiger partial charge on any atom is -0.462 e. The van der Waals surface area contributed by atoms with Crippen LogP contribution < -0.4 is 5.32 Å². The molecule has 23 heavy (non-hydrogen) atoms. The first-order valence-corrected chi connectivity index (χ1v) is 7.76. The molecule has 0 saturated heterocycles. The lowest BCUT2D eigenvalue weighted by Gasteiger charge is -2.10. The summed E-state index contributed by atoms with van der Waals surface area (Å²) in [4.78, 5) is 35.9. The first kappa shape index (κ1) is 17.0. The van der Waals surface area contributed by atoms with Crippen molar-refractivity contribution in [2.24, 2.45) is 11.8 Å². The summed E-state index contributed by atoms with van der Waals surface area (Å²) in [6.07, 6.45) is 0.855. The van der Waals surface area contributed by atoms with Gasteiger partial charge in [-0.05, 0) is 44.4 Å². The van der Waals surface area contributed by atoms with Crippen LogP contribution in [0, 0.1) is 11.8 Å². The van der Waals surface area contributed by atoms with Crippen molar-refractivity contribution in [3.63, 3.8) is 0 Å². The Morgan fingerprint density at radius 1 is 1.04 bits per heavy atom. The second-order valence-corrected chi connectivity index (χ2v) is 5.55. The third-order valence-electron chi connectivity index (χ3n) is 3.67. The largest absolute Gasteiger partial charge is 0.462 e. The Morgan fingerprint density at radius 3 is 1.91 bits per heavy atom. The van der Waals surface area contributed by atoms with E-state index in [0.29, 0.717) is 11.6 Å². The van der Waals surface area contributed by atoms with Gasteiger partial charge in [-0.3, -0.25) is 4.79 Å². The summed E-state index contributed by atoms with van der Waals surface area (Å²) >= 11 is 0. The van der Waals surface area contributed by atoms with E-state index in [1.54, 1.807) is 13.8 Å². The van der Waals surface area contributed by atoms with Gasteiger partial charge in [-0.25, -0.2) is 9.59 Å². The summed E-state index contributed by atoms with van der Waals surface area (Å²) in [6, 6.07) is 4.42. The minimum absolute atomic E-state index is 0.00714. The van der Waals surface area contributed by atoms with Crippen LogP contribution in [0.3, 0.4) is 0 Å². The number of hydrogen-bond acceptors (Lipinski definition) is 5. The van der Waals surface area contributed by atoms with Crippen LogP contribution in [0.1, 0.15) is 47.9 Å². The fourth-order valence-electron chi connectivity index (χ4n) is 2.29. The molecule has 2 rings (SSSR count). The fourth-order valence-corrected chi connectivity index (χ4v) is 2.29. The van der Waals surface area contributed by atoms with Crippen LogP contribution in [0.2, 0.25) is 0 Å². The summed E-state index contributed by atoms with van der Waals surface area (Å²) in [6.45, 7) is 5.85. The minimum atomic E-state index is -0.547. The zero-order valence-electron chi connectivity index (χ0n) is 13.5. The molecule has 0 radical (unpaired) electrons. The highest BCUT2D eigenvalue weighted by Gasteiger charge is 2.39. The second kappa shape index (κ2) is 7.26. The van der Waals surface area contributed by atoms with Crippen molar-refractivity contribution in [3.8, 4) is 0 Å². The van der Waals surface area contributed by atoms with Gasteiger partial charge in [0.1, 0.15) is 0 Å². The van der Waals surface area contributed by atoms with E-state index < -0.39 is 11.9 Å². The standard InChI is InChI=1S/C17H21NO5/c1-4-22-16(20)11-7-12(17(21)23-5-2)9-13(8-11)18-15(19)14-6-10(14)3/h7-10,14H,4-6H2,1-3H3,(H,18,19)/t10-,14-/m0/s1. The molecule has 0 bridgehead atoms. The van der Waals surface area contributed by atoms with Crippen molar-refractivity contribution in [2.75, 3.05) is 18.5 Å². The molecular formula is C17H21NO5. The van der Waals surface area contributed by atoms with Crippen LogP contribution in [-0.4, -0.2) is 31.1 Å². The molecule has 1 aromatic carbocycles. The van der Waals surface area contributed by atoms with E-state index in [0.717, 1.165) is 6.42 Å². The summed E-state index contributed by atoms with van der Waals surface area (Å²) in [7, 11) is 0. The zero-order valence-corrected chi connectivity index (χ0v) is 13.5. The number of rotatable bonds is 6. The maximum atomic E-state index is 12.1. The van der Waals surface area contributed by atoms with Crippen LogP contribution in [0.5, 0.6) is 0 Å². The lowest BCUT2D eigenvalue weighted by atomic mass is 10.1. The van der Waals surface area contributed by atoms with Crippen LogP contribution in [-0.2, 0) is 14.3 Å². The van der Waals surface area contributed by atoms with Gasteiger partial charge < -0.3 is 14.8 Å². The summed E-state index contributed by atoms with van der Waals surface area (Å²) in [5.74, 6) is -0.837. The average Bonchev–Trinajstić information content (AvgIpc) is 3.24. The molecule has 0 unspecified atom stereocenters. The fraction of sp³-hybridized carbons (Fsp3) is 0.471. The highest BCUT2D eigenvalue weighted by Crippen LogP contribution is 2.38. The Balaban J connectivity index is 2.26. The van der Waals surface area contributed by atoms with Gasteiger partial charge in [0.2, 0.25) is 5.91 Å². The van der Waals surface area contributed by atoms with Gasteiger partial charge in [0.05, 0.1) is 24.3 Å². The van der Waals surface area contributed by atoms with Crippen molar-refractivity contribution in [1.82, 2.24) is 0 Å². The Kier molecular flexibility index (Phi) is 5.36. The Labute approximate surface area is 135 Å². The topological polar surface area (TPSA) is 81.7 Å². The predicted octanol–water partition coefficient (Wildman–Crippen LogP) is 2.63. The van der Waals surface area contributed by atoms with Gasteiger partial charge in [-0.1, -0.05) is 6.92 Å². The van der Waals surface area contributed by atoms with Crippen molar-refractivity contribution in [3.05, 3.63) is 29.3 Å². The molecule has 124 valence electrons. The number of carbonyl (C=O) groups excluding carboxylic acids is 3. The van der Waals surface area contributed by atoms with Crippen molar-refractivity contribution >= 4 is 23.5 Å². The SMILES string of the molecule is CCOC(=O)c1cc(NC(=O)[C@H]2C[C@@H]2C)cc(C(=O)OCC)c1. The molecule has 0 aliphatic heterocycles. The Morgan fingerprint density at radius 2 is 1.52 bits per heavy atom. The highest BCUT2D eigenvalue weighted by atomic mass is 16.5. The van der Waals surface area contributed by atoms with Crippen LogP contribution in [0.15, 0.2) is 18.2 Å². The van der Waals surface area contributed by atoms with E-state index >= 15 is 0 Å². The summed E-state index contributed by atoms with van der Waals surface area (Å²) in [5, 5.41) is 2.75. The molecular weight excluding hydrogens is 298 g/mol. The molecule has 0 spiro atoms. The Bertz CT molecular complexity index is 589.